The summed E-state index contributed by atoms with van der Waals surface area (Å²) in [7, 11) is 0. The fourth-order valence-corrected chi connectivity index (χ4v) is 5.62. The smallest absolute Gasteiger partial charge is 0.156 e. The highest BCUT2D eigenvalue weighted by Gasteiger charge is 2.25. The molecule has 0 amide bonds. The molecule has 5 nitrogen and oxygen atoms in total. The second-order valence-electron chi connectivity index (χ2n) is 7.74. The van der Waals surface area contributed by atoms with Gasteiger partial charge in [-0.05, 0) is 75.9 Å². The number of thiophene rings is 1. The van der Waals surface area contributed by atoms with Gasteiger partial charge >= 0.3 is 0 Å². The largest absolute Gasteiger partial charge is 0.272 e. The Morgan fingerprint density at radius 3 is 2.60 bits per heavy atom. The van der Waals surface area contributed by atoms with Gasteiger partial charge in [0.05, 0.1) is 11.3 Å². The van der Waals surface area contributed by atoms with Gasteiger partial charge in [-0.15, -0.1) is 16.4 Å². The summed E-state index contributed by atoms with van der Waals surface area (Å²) in [5.74, 6) is 0.720. The van der Waals surface area contributed by atoms with Gasteiger partial charge in [0.15, 0.2) is 5.84 Å². The van der Waals surface area contributed by atoms with E-state index in [-0.39, 0.29) is 6.04 Å². The lowest BCUT2D eigenvalue weighted by Crippen LogP contribution is -2.34. The molecule has 2 aromatic heterocycles. The minimum atomic E-state index is -0.0300. The highest BCUT2D eigenvalue weighted by molar-refractivity contribution is 7.99. The summed E-state index contributed by atoms with van der Waals surface area (Å²) < 4.78 is 0. The van der Waals surface area contributed by atoms with Crippen LogP contribution in [0.2, 0.25) is 0 Å². The zero-order valence-corrected chi connectivity index (χ0v) is 19.8. The van der Waals surface area contributed by atoms with Crippen LogP contribution in [0.1, 0.15) is 49.3 Å². The van der Waals surface area contributed by atoms with Crippen LogP contribution in [0, 0.1) is 41.5 Å². The van der Waals surface area contributed by atoms with Gasteiger partial charge in [0.1, 0.15) is 17.7 Å². The topological polar surface area (TPSA) is 59.4 Å². The third-order valence-corrected chi connectivity index (χ3v) is 7.46. The third-order valence-electron chi connectivity index (χ3n) is 5.34. The quantitative estimate of drug-likeness (QED) is 0.578. The van der Waals surface area contributed by atoms with Gasteiger partial charge in [0.2, 0.25) is 0 Å². The van der Waals surface area contributed by atoms with Crippen molar-refractivity contribution in [1.82, 2.24) is 15.7 Å². The molecule has 4 rings (SSSR count). The second-order valence-corrected chi connectivity index (χ2v) is 10.2. The molecule has 0 unspecified atom stereocenters. The van der Waals surface area contributed by atoms with Gasteiger partial charge in [-0.3, -0.25) is 9.83 Å². The van der Waals surface area contributed by atoms with Crippen LogP contribution in [0.5, 0.6) is 0 Å². The number of nitrogens with one attached hydrogen (secondary N) is 1. The van der Waals surface area contributed by atoms with Gasteiger partial charge in [0.25, 0.3) is 0 Å². The number of hydrogen-bond donors (Lipinski definition) is 1. The molecule has 0 saturated heterocycles. The van der Waals surface area contributed by atoms with E-state index in [1.54, 1.807) is 23.1 Å². The number of nitrogens with zero attached hydrogens (tertiary/aromatic N) is 3. The minimum Gasteiger partial charge on any atom is -0.272 e. The van der Waals surface area contributed by atoms with Crippen molar-refractivity contribution in [2.24, 2.45) is 4.99 Å². The van der Waals surface area contributed by atoms with Gasteiger partial charge in [0, 0.05) is 14.6 Å². The SMILES string of the molecule is Cc1ccc(C)c(Sc2nnc(C)c(C)c2C2=N[C@@H](c3cc(C)sc3C)CON2)c1. The van der Waals surface area contributed by atoms with Crippen molar-refractivity contribution in [2.45, 2.75) is 57.5 Å². The standard InChI is InChI=1S/C23H26N4OS2/c1-12-7-8-13(2)20(9-12)30-23-21(15(4)16(5)25-26-23)22-24-19(11-28-27-22)18-10-14(3)29-17(18)6/h7-10,19H,11H2,1-6H3,(H,24,27)/t19-/m1/s1. The lowest BCUT2D eigenvalue weighted by atomic mass is 10.1. The molecule has 0 fully saturated rings. The predicted octanol–water partition coefficient (Wildman–Crippen LogP) is 5.56. The van der Waals surface area contributed by atoms with Crippen molar-refractivity contribution in [2.75, 3.05) is 6.61 Å². The first-order valence-corrected chi connectivity index (χ1v) is 11.6. The molecule has 0 spiro atoms. The van der Waals surface area contributed by atoms with E-state index in [0.29, 0.717) is 6.61 Å². The Balaban J connectivity index is 1.78. The van der Waals surface area contributed by atoms with E-state index in [9.17, 15) is 0 Å². The molecule has 1 N–H and O–H groups in total. The lowest BCUT2D eigenvalue weighted by Gasteiger charge is -2.24. The zero-order chi connectivity index (χ0) is 21.4. The summed E-state index contributed by atoms with van der Waals surface area (Å²) in [5.41, 5.74) is 9.64. The van der Waals surface area contributed by atoms with E-state index in [0.717, 1.165) is 27.7 Å². The summed E-state index contributed by atoms with van der Waals surface area (Å²) in [6, 6.07) is 8.65. The number of aliphatic imine (C=N–C) groups is 1. The maximum absolute atomic E-state index is 5.78. The Bertz CT molecular complexity index is 1140. The van der Waals surface area contributed by atoms with E-state index in [4.69, 9.17) is 9.83 Å². The molecule has 1 aliphatic heterocycles. The molecule has 0 aliphatic carbocycles. The Hall–Kier alpha value is -2.22. The Morgan fingerprint density at radius 1 is 1.07 bits per heavy atom. The number of rotatable bonds is 4. The first-order valence-electron chi connectivity index (χ1n) is 9.95. The summed E-state index contributed by atoms with van der Waals surface area (Å²) in [4.78, 5) is 14.6. The maximum atomic E-state index is 5.78. The number of amidine groups is 1. The maximum Gasteiger partial charge on any atom is 0.156 e. The van der Waals surface area contributed by atoms with E-state index < -0.39 is 0 Å². The summed E-state index contributed by atoms with van der Waals surface area (Å²) >= 11 is 3.43. The fourth-order valence-electron chi connectivity index (χ4n) is 3.52. The van der Waals surface area contributed by atoms with Crippen LogP contribution >= 0.6 is 23.1 Å². The second kappa shape index (κ2) is 8.49. The molecule has 1 atom stereocenters. The third kappa shape index (κ3) is 4.15. The molecule has 0 saturated carbocycles. The van der Waals surface area contributed by atoms with E-state index >= 15 is 0 Å². The van der Waals surface area contributed by atoms with Crippen LogP contribution in [0.15, 0.2) is 39.2 Å². The van der Waals surface area contributed by atoms with Crippen LogP contribution in [0.4, 0.5) is 0 Å². The van der Waals surface area contributed by atoms with Crippen molar-refractivity contribution >= 4 is 28.9 Å². The summed E-state index contributed by atoms with van der Waals surface area (Å²) in [5, 5.41) is 9.76. The first kappa shape index (κ1) is 21.0. The Morgan fingerprint density at radius 2 is 1.87 bits per heavy atom. The molecule has 3 aromatic rings. The average molecular weight is 439 g/mol. The fraction of sp³-hybridized carbons (Fsp3) is 0.348. The van der Waals surface area contributed by atoms with Gasteiger partial charge in [-0.25, -0.2) is 5.48 Å². The highest BCUT2D eigenvalue weighted by Crippen LogP contribution is 2.35. The van der Waals surface area contributed by atoms with Crippen LogP contribution < -0.4 is 5.48 Å². The van der Waals surface area contributed by atoms with Gasteiger partial charge in [-0.2, -0.15) is 5.10 Å². The Labute approximate surface area is 186 Å². The number of benzene rings is 1. The van der Waals surface area contributed by atoms with E-state index in [1.807, 2.05) is 6.92 Å². The van der Waals surface area contributed by atoms with Crippen LogP contribution in [0.25, 0.3) is 0 Å². The summed E-state index contributed by atoms with van der Waals surface area (Å²) in [6.07, 6.45) is 0. The number of hydrogen-bond acceptors (Lipinski definition) is 7. The molecule has 1 aliphatic rings. The monoisotopic (exact) mass is 438 g/mol. The molecular weight excluding hydrogens is 412 g/mol. The van der Waals surface area contributed by atoms with Crippen molar-refractivity contribution in [3.8, 4) is 0 Å². The van der Waals surface area contributed by atoms with Crippen LogP contribution in [-0.2, 0) is 4.84 Å². The van der Waals surface area contributed by atoms with Crippen molar-refractivity contribution in [1.29, 1.82) is 0 Å². The zero-order valence-electron chi connectivity index (χ0n) is 18.2. The number of hydroxylamine groups is 1. The summed E-state index contributed by atoms with van der Waals surface area (Å²) in [6.45, 7) is 13.1. The molecule has 1 aromatic carbocycles. The van der Waals surface area contributed by atoms with Gasteiger partial charge < -0.3 is 0 Å². The minimum absolute atomic E-state index is 0.0300. The van der Waals surface area contributed by atoms with E-state index in [2.05, 4.69) is 74.6 Å². The lowest BCUT2D eigenvalue weighted by molar-refractivity contribution is 0.0620. The average Bonchev–Trinajstić information content (AvgIpc) is 3.06. The number of aromatic nitrogens is 2. The molecule has 0 radical (unpaired) electrons. The van der Waals surface area contributed by atoms with Crippen LogP contribution in [0.3, 0.4) is 0 Å². The highest BCUT2D eigenvalue weighted by atomic mass is 32.2. The number of aryl methyl sites for hydroxylation is 5. The molecule has 156 valence electrons. The van der Waals surface area contributed by atoms with Crippen molar-refractivity contribution in [3.63, 3.8) is 0 Å². The first-order chi connectivity index (χ1) is 14.3. The van der Waals surface area contributed by atoms with Crippen molar-refractivity contribution in [3.05, 3.63) is 67.5 Å². The predicted molar refractivity (Wildman–Crippen MR) is 124 cm³/mol. The molecular formula is C23H26N4OS2. The van der Waals surface area contributed by atoms with Gasteiger partial charge in [-0.1, -0.05) is 23.9 Å². The Kier molecular flexibility index (Phi) is 5.95. The van der Waals surface area contributed by atoms with Crippen molar-refractivity contribution < 1.29 is 4.84 Å². The normalized spacial score (nSPS) is 16.3. The molecule has 3 heterocycles. The van der Waals surface area contributed by atoms with E-state index in [1.165, 1.54) is 31.3 Å². The molecule has 0 bridgehead atoms. The molecule has 30 heavy (non-hydrogen) atoms. The molecule has 7 heteroatoms. The van der Waals surface area contributed by atoms with Crippen LogP contribution in [-0.4, -0.2) is 22.6 Å².